The Bertz CT molecular complexity index is 759. The summed E-state index contributed by atoms with van der Waals surface area (Å²) in [4.78, 5) is 13.3. The number of nitrogens with zero attached hydrogens (tertiary/aromatic N) is 4. The van der Waals surface area contributed by atoms with Gasteiger partial charge in [0.1, 0.15) is 10.1 Å². The molecular formula is C13H13BrN6S. The molecule has 0 radical (unpaired) electrons. The number of hydrogen-bond acceptors (Lipinski definition) is 6. The lowest BCUT2D eigenvalue weighted by molar-refractivity contribution is 0.942. The van der Waals surface area contributed by atoms with Gasteiger partial charge in [-0.2, -0.15) is 10.1 Å². The maximum absolute atomic E-state index is 4.57. The maximum Gasteiger partial charge on any atom is 0.225 e. The van der Waals surface area contributed by atoms with Crippen LogP contribution in [0.4, 0.5) is 5.95 Å². The Kier molecular flexibility index (Phi) is 4.35. The van der Waals surface area contributed by atoms with Crippen molar-refractivity contribution in [2.75, 3.05) is 11.9 Å². The molecule has 0 aromatic carbocycles. The lowest BCUT2D eigenvalue weighted by atomic mass is 10.4. The van der Waals surface area contributed by atoms with Crippen LogP contribution in [0.5, 0.6) is 0 Å². The van der Waals surface area contributed by atoms with E-state index in [9.17, 15) is 0 Å². The van der Waals surface area contributed by atoms with E-state index in [4.69, 9.17) is 0 Å². The number of pyridine rings is 1. The van der Waals surface area contributed by atoms with Crippen LogP contribution in [0, 0.1) is 0 Å². The zero-order valence-electron chi connectivity index (χ0n) is 11.3. The summed E-state index contributed by atoms with van der Waals surface area (Å²) >= 11 is 4.99. The van der Waals surface area contributed by atoms with Gasteiger partial charge in [0, 0.05) is 12.7 Å². The predicted molar refractivity (Wildman–Crippen MR) is 86.5 cm³/mol. The Labute approximate surface area is 134 Å². The van der Waals surface area contributed by atoms with Crippen LogP contribution in [0.15, 0.2) is 39.1 Å². The van der Waals surface area contributed by atoms with Crippen LogP contribution in [0.3, 0.4) is 0 Å². The third kappa shape index (κ3) is 3.16. The van der Waals surface area contributed by atoms with Crippen molar-refractivity contribution in [3.8, 4) is 0 Å². The number of fused-ring (bicyclic) bond motifs is 1. The fourth-order valence-electron chi connectivity index (χ4n) is 1.74. The van der Waals surface area contributed by atoms with Crippen molar-refractivity contribution >= 4 is 44.7 Å². The van der Waals surface area contributed by atoms with Crippen molar-refractivity contribution in [3.05, 3.63) is 29.0 Å². The third-order valence-electron chi connectivity index (χ3n) is 2.73. The van der Waals surface area contributed by atoms with E-state index in [0.29, 0.717) is 5.95 Å². The van der Waals surface area contributed by atoms with E-state index in [2.05, 4.69) is 53.3 Å². The Morgan fingerprint density at radius 1 is 1.33 bits per heavy atom. The monoisotopic (exact) mass is 364 g/mol. The summed E-state index contributed by atoms with van der Waals surface area (Å²) in [5.74, 6) is 0.600. The molecule has 21 heavy (non-hydrogen) atoms. The van der Waals surface area contributed by atoms with Gasteiger partial charge in [0.2, 0.25) is 5.95 Å². The van der Waals surface area contributed by atoms with Crippen LogP contribution in [0.25, 0.3) is 11.0 Å². The van der Waals surface area contributed by atoms with Crippen LogP contribution in [-0.4, -0.2) is 31.7 Å². The van der Waals surface area contributed by atoms with Crippen molar-refractivity contribution in [1.82, 2.24) is 25.1 Å². The Morgan fingerprint density at radius 3 is 3.05 bits per heavy atom. The summed E-state index contributed by atoms with van der Waals surface area (Å²) in [5.41, 5.74) is 0.721. The molecular weight excluding hydrogens is 352 g/mol. The van der Waals surface area contributed by atoms with Crippen LogP contribution < -0.4 is 5.32 Å². The second kappa shape index (κ2) is 6.40. The number of nitrogens with one attached hydrogen (secondary N) is 2. The molecule has 0 amide bonds. The average Bonchev–Trinajstić information content (AvgIpc) is 2.96. The lowest BCUT2D eigenvalue weighted by Gasteiger charge is -2.07. The molecule has 0 aliphatic rings. The van der Waals surface area contributed by atoms with Crippen molar-refractivity contribution < 1.29 is 0 Å². The molecule has 0 unspecified atom stereocenters. The van der Waals surface area contributed by atoms with Gasteiger partial charge in [0.25, 0.3) is 0 Å². The molecule has 2 N–H and O–H groups in total. The van der Waals surface area contributed by atoms with Crippen molar-refractivity contribution in [1.29, 1.82) is 0 Å². The number of hydrogen-bond donors (Lipinski definition) is 2. The Balaban J connectivity index is 2.00. The molecule has 0 saturated heterocycles. The maximum atomic E-state index is 4.57. The fourth-order valence-corrected chi connectivity index (χ4v) is 3.09. The van der Waals surface area contributed by atoms with Gasteiger partial charge in [0.15, 0.2) is 5.65 Å². The first-order valence-electron chi connectivity index (χ1n) is 6.51. The van der Waals surface area contributed by atoms with Gasteiger partial charge in [-0.25, -0.2) is 9.97 Å². The molecule has 0 aliphatic heterocycles. The highest BCUT2D eigenvalue weighted by atomic mass is 79.9. The number of anilines is 1. The molecule has 0 fully saturated rings. The molecule has 6 nitrogen and oxygen atoms in total. The summed E-state index contributed by atoms with van der Waals surface area (Å²) in [6.45, 7) is 2.93. The van der Waals surface area contributed by atoms with Gasteiger partial charge in [-0.1, -0.05) is 6.92 Å². The molecule has 3 aromatic rings. The van der Waals surface area contributed by atoms with Crippen LogP contribution >= 0.6 is 27.7 Å². The van der Waals surface area contributed by atoms with E-state index in [-0.39, 0.29) is 0 Å². The van der Waals surface area contributed by atoms with Crippen LogP contribution in [-0.2, 0) is 0 Å². The van der Waals surface area contributed by atoms with Crippen molar-refractivity contribution in [2.24, 2.45) is 0 Å². The molecule has 3 heterocycles. The summed E-state index contributed by atoms with van der Waals surface area (Å²) < 4.78 is 0.938. The lowest BCUT2D eigenvalue weighted by Crippen LogP contribution is -2.05. The molecule has 0 saturated carbocycles. The molecule has 0 atom stereocenters. The molecule has 0 spiro atoms. The number of aromatic amines is 1. The molecule has 8 heteroatoms. The quantitative estimate of drug-likeness (QED) is 0.674. The highest BCUT2D eigenvalue weighted by molar-refractivity contribution is 9.10. The van der Waals surface area contributed by atoms with Gasteiger partial charge < -0.3 is 5.32 Å². The first-order valence-corrected chi connectivity index (χ1v) is 8.12. The topological polar surface area (TPSA) is 79.4 Å². The number of halogens is 1. The third-order valence-corrected chi connectivity index (χ3v) is 4.65. The van der Waals surface area contributed by atoms with E-state index < -0.39 is 0 Å². The minimum atomic E-state index is 0.600. The number of aromatic nitrogens is 5. The van der Waals surface area contributed by atoms with E-state index in [0.717, 1.165) is 38.5 Å². The second-order valence-electron chi connectivity index (χ2n) is 4.30. The highest BCUT2D eigenvalue weighted by Crippen LogP contribution is 2.34. The van der Waals surface area contributed by atoms with Gasteiger partial charge in [0.05, 0.1) is 16.1 Å². The van der Waals surface area contributed by atoms with E-state index in [1.54, 1.807) is 12.4 Å². The van der Waals surface area contributed by atoms with Gasteiger partial charge in [-0.15, -0.1) is 0 Å². The summed E-state index contributed by atoms with van der Waals surface area (Å²) in [7, 11) is 0. The van der Waals surface area contributed by atoms with Gasteiger partial charge in [-0.3, -0.25) is 5.10 Å². The first kappa shape index (κ1) is 14.3. The average molecular weight is 365 g/mol. The fraction of sp³-hybridized carbons (Fsp3) is 0.231. The Morgan fingerprint density at radius 2 is 2.24 bits per heavy atom. The largest absolute Gasteiger partial charge is 0.354 e. The standard InChI is InChI=1S/C13H13BrN6S/c1-2-5-16-13-18-10-8(7-17-20-10)11(19-13)21-12-9(14)4-3-6-15-12/h3-4,6-7H,2,5H2,1H3,(H2,16,17,18,19,20). The molecule has 3 aromatic heterocycles. The highest BCUT2D eigenvalue weighted by Gasteiger charge is 2.12. The minimum absolute atomic E-state index is 0.600. The SMILES string of the molecule is CCCNc1nc(Sc2ncccc2Br)c2cn[nH]c2n1. The summed E-state index contributed by atoms with van der Waals surface area (Å²) in [6.07, 6.45) is 4.51. The Hall–Kier alpha value is -1.67. The zero-order chi connectivity index (χ0) is 14.7. The molecule has 0 aliphatic carbocycles. The van der Waals surface area contributed by atoms with Crippen LogP contribution in [0.1, 0.15) is 13.3 Å². The van der Waals surface area contributed by atoms with E-state index in [1.165, 1.54) is 11.8 Å². The minimum Gasteiger partial charge on any atom is -0.354 e. The number of H-pyrrole nitrogens is 1. The second-order valence-corrected chi connectivity index (χ2v) is 6.14. The predicted octanol–water partition coefficient (Wildman–Crippen LogP) is 3.48. The molecule has 0 bridgehead atoms. The zero-order valence-corrected chi connectivity index (χ0v) is 13.7. The van der Waals surface area contributed by atoms with E-state index in [1.807, 2.05) is 12.1 Å². The first-order chi connectivity index (χ1) is 10.3. The van der Waals surface area contributed by atoms with Gasteiger partial charge >= 0.3 is 0 Å². The van der Waals surface area contributed by atoms with Crippen molar-refractivity contribution in [2.45, 2.75) is 23.4 Å². The smallest absolute Gasteiger partial charge is 0.225 e. The summed E-state index contributed by atoms with van der Waals surface area (Å²) in [6, 6.07) is 3.84. The van der Waals surface area contributed by atoms with E-state index >= 15 is 0 Å². The molecule has 3 rings (SSSR count). The van der Waals surface area contributed by atoms with Crippen LogP contribution in [0.2, 0.25) is 0 Å². The van der Waals surface area contributed by atoms with Crippen molar-refractivity contribution in [3.63, 3.8) is 0 Å². The number of rotatable bonds is 5. The van der Waals surface area contributed by atoms with Gasteiger partial charge in [-0.05, 0) is 46.2 Å². The molecule has 108 valence electrons. The normalized spacial score (nSPS) is 11.0. The summed E-state index contributed by atoms with van der Waals surface area (Å²) in [5, 5.41) is 12.7.